The zero-order chi connectivity index (χ0) is 14.8. The molecule has 0 saturated carbocycles. The topological polar surface area (TPSA) is 59.0 Å². The lowest BCUT2D eigenvalue weighted by Gasteiger charge is -2.29. The molecule has 2 rings (SSSR count). The molecule has 1 fully saturated rings. The van der Waals surface area contributed by atoms with Crippen LogP contribution in [0.15, 0.2) is 12.4 Å². The van der Waals surface area contributed by atoms with E-state index in [0.29, 0.717) is 6.42 Å². The molecule has 1 unspecified atom stereocenters. The van der Waals surface area contributed by atoms with Crippen molar-refractivity contribution in [1.29, 1.82) is 0 Å². The van der Waals surface area contributed by atoms with Crippen molar-refractivity contribution in [1.82, 2.24) is 20.2 Å². The fourth-order valence-electron chi connectivity index (χ4n) is 2.35. The van der Waals surface area contributed by atoms with E-state index in [9.17, 15) is 18.0 Å². The molecule has 0 spiro atoms. The minimum atomic E-state index is -4.54. The predicted molar refractivity (Wildman–Crippen MR) is 65.9 cm³/mol. The fourth-order valence-corrected chi connectivity index (χ4v) is 2.35. The SMILES string of the molecule is Cn1ccnc1CCNC(=O)C1(C(F)(F)F)CCNC1. The minimum absolute atomic E-state index is 0.140. The molecule has 1 atom stereocenters. The lowest BCUT2D eigenvalue weighted by atomic mass is 9.85. The van der Waals surface area contributed by atoms with Gasteiger partial charge in [-0.25, -0.2) is 4.98 Å². The average molecular weight is 290 g/mol. The third kappa shape index (κ3) is 2.65. The highest BCUT2D eigenvalue weighted by Crippen LogP contribution is 2.43. The van der Waals surface area contributed by atoms with Gasteiger partial charge >= 0.3 is 6.18 Å². The van der Waals surface area contributed by atoms with E-state index in [1.54, 1.807) is 24.0 Å². The number of carbonyl (C=O) groups excluding carboxylic acids is 1. The molecule has 1 amide bonds. The van der Waals surface area contributed by atoms with E-state index >= 15 is 0 Å². The van der Waals surface area contributed by atoms with Crippen LogP contribution in [-0.2, 0) is 18.3 Å². The van der Waals surface area contributed by atoms with Crippen molar-refractivity contribution in [3.8, 4) is 0 Å². The molecular weight excluding hydrogens is 273 g/mol. The molecule has 1 aromatic rings. The van der Waals surface area contributed by atoms with Gasteiger partial charge in [0.2, 0.25) is 5.91 Å². The van der Waals surface area contributed by atoms with Crippen LogP contribution in [-0.4, -0.2) is 41.3 Å². The predicted octanol–water partition coefficient (Wildman–Crippen LogP) is 0.621. The second-order valence-electron chi connectivity index (χ2n) is 4.97. The molecular formula is C12H17F3N4O. The van der Waals surface area contributed by atoms with E-state index in [1.165, 1.54) is 0 Å². The van der Waals surface area contributed by atoms with Gasteiger partial charge < -0.3 is 15.2 Å². The lowest BCUT2D eigenvalue weighted by Crippen LogP contribution is -2.52. The molecule has 5 nitrogen and oxygen atoms in total. The van der Waals surface area contributed by atoms with Gasteiger partial charge in [0.25, 0.3) is 0 Å². The highest BCUT2D eigenvalue weighted by atomic mass is 19.4. The van der Waals surface area contributed by atoms with E-state index in [4.69, 9.17) is 0 Å². The molecule has 0 aromatic carbocycles. The van der Waals surface area contributed by atoms with Crippen LogP contribution in [0, 0.1) is 5.41 Å². The number of hydrogen-bond acceptors (Lipinski definition) is 3. The van der Waals surface area contributed by atoms with Crippen molar-refractivity contribution in [2.45, 2.75) is 19.0 Å². The minimum Gasteiger partial charge on any atom is -0.355 e. The molecule has 1 aliphatic rings. The number of nitrogens with zero attached hydrogens (tertiary/aromatic N) is 2. The molecule has 112 valence electrons. The van der Waals surface area contributed by atoms with Gasteiger partial charge in [-0.15, -0.1) is 0 Å². The molecule has 8 heteroatoms. The summed E-state index contributed by atoms with van der Waals surface area (Å²) < 4.78 is 41.1. The maximum absolute atomic E-state index is 13.1. The smallest absolute Gasteiger partial charge is 0.355 e. The Labute approximate surface area is 114 Å². The first-order valence-electron chi connectivity index (χ1n) is 6.39. The fraction of sp³-hybridized carbons (Fsp3) is 0.667. The number of imidazole rings is 1. The highest BCUT2D eigenvalue weighted by Gasteiger charge is 2.61. The number of amides is 1. The zero-order valence-electron chi connectivity index (χ0n) is 11.1. The average Bonchev–Trinajstić information content (AvgIpc) is 2.98. The maximum atomic E-state index is 13.1. The van der Waals surface area contributed by atoms with Gasteiger partial charge in [-0.1, -0.05) is 0 Å². The van der Waals surface area contributed by atoms with Gasteiger partial charge in [0.05, 0.1) is 0 Å². The summed E-state index contributed by atoms with van der Waals surface area (Å²) in [7, 11) is 1.79. The first kappa shape index (κ1) is 14.8. The largest absolute Gasteiger partial charge is 0.404 e. The van der Waals surface area contributed by atoms with Crippen molar-refractivity contribution in [3.05, 3.63) is 18.2 Å². The first-order valence-corrected chi connectivity index (χ1v) is 6.39. The summed E-state index contributed by atoms with van der Waals surface area (Å²) in [5, 5.41) is 5.00. The van der Waals surface area contributed by atoms with Gasteiger partial charge in [0, 0.05) is 39.0 Å². The molecule has 1 aromatic heterocycles. The van der Waals surface area contributed by atoms with Gasteiger partial charge in [-0.05, 0) is 13.0 Å². The number of carbonyl (C=O) groups is 1. The van der Waals surface area contributed by atoms with E-state index in [1.807, 2.05) is 0 Å². The summed E-state index contributed by atoms with van der Waals surface area (Å²) in [5.41, 5.74) is -2.30. The highest BCUT2D eigenvalue weighted by molar-refractivity contribution is 5.84. The Morgan fingerprint density at radius 3 is 2.85 bits per heavy atom. The van der Waals surface area contributed by atoms with Gasteiger partial charge in [0.15, 0.2) is 5.41 Å². The van der Waals surface area contributed by atoms with Crippen LogP contribution in [0.25, 0.3) is 0 Å². The second-order valence-corrected chi connectivity index (χ2v) is 4.97. The van der Waals surface area contributed by atoms with Crippen LogP contribution in [0.1, 0.15) is 12.2 Å². The number of rotatable bonds is 4. The molecule has 0 aliphatic carbocycles. The van der Waals surface area contributed by atoms with E-state index in [2.05, 4.69) is 15.6 Å². The Hall–Kier alpha value is -1.57. The number of alkyl halides is 3. The Kier molecular flexibility index (Phi) is 4.03. The molecule has 0 radical (unpaired) electrons. The van der Waals surface area contributed by atoms with Crippen LogP contribution < -0.4 is 10.6 Å². The molecule has 20 heavy (non-hydrogen) atoms. The van der Waals surface area contributed by atoms with Gasteiger partial charge in [-0.3, -0.25) is 4.79 Å². The van der Waals surface area contributed by atoms with Crippen LogP contribution in [0.3, 0.4) is 0 Å². The Bertz CT molecular complexity index is 477. The summed E-state index contributed by atoms with van der Waals surface area (Å²) in [6.07, 6.45) is -1.00. The number of aryl methyl sites for hydroxylation is 1. The number of halogens is 3. The van der Waals surface area contributed by atoms with Crippen molar-refractivity contribution in [2.75, 3.05) is 19.6 Å². The maximum Gasteiger partial charge on any atom is 0.404 e. The third-order valence-corrected chi connectivity index (χ3v) is 3.69. The molecule has 2 heterocycles. The number of hydrogen-bond donors (Lipinski definition) is 2. The Morgan fingerprint density at radius 2 is 2.35 bits per heavy atom. The van der Waals surface area contributed by atoms with E-state index in [0.717, 1.165) is 5.82 Å². The van der Waals surface area contributed by atoms with Crippen molar-refractivity contribution >= 4 is 5.91 Å². The normalized spacial score (nSPS) is 23.0. The molecule has 0 bridgehead atoms. The summed E-state index contributed by atoms with van der Waals surface area (Å²) >= 11 is 0. The monoisotopic (exact) mass is 290 g/mol. The van der Waals surface area contributed by atoms with Crippen LogP contribution in [0.5, 0.6) is 0 Å². The Morgan fingerprint density at radius 1 is 1.60 bits per heavy atom. The van der Waals surface area contributed by atoms with Crippen LogP contribution in [0.4, 0.5) is 13.2 Å². The molecule has 1 saturated heterocycles. The number of nitrogens with one attached hydrogen (secondary N) is 2. The summed E-state index contributed by atoms with van der Waals surface area (Å²) in [6.45, 7) is -0.0153. The second kappa shape index (κ2) is 5.43. The Balaban J connectivity index is 1.95. The van der Waals surface area contributed by atoms with Crippen LogP contribution in [0.2, 0.25) is 0 Å². The van der Waals surface area contributed by atoms with Crippen molar-refractivity contribution in [3.63, 3.8) is 0 Å². The third-order valence-electron chi connectivity index (χ3n) is 3.69. The lowest BCUT2D eigenvalue weighted by molar-refractivity contribution is -0.215. The van der Waals surface area contributed by atoms with Crippen LogP contribution >= 0.6 is 0 Å². The summed E-state index contributed by atoms with van der Waals surface area (Å²) in [5.74, 6) is -0.236. The van der Waals surface area contributed by atoms with E-state index < -0.39 is 17.5 Å². The first-order chi connectivity index (χ1) is 9.37. The summed E-state index contributed by atoms with van der Waals surface area (Å²) in [4.78, 5) is 16.0. The zero-order valence-corrected chi connectivity index (χ0v) is 11.1. The van der Waals surface area contributed by atoms with E-state index in [-0.39, 0.29) is 26.1 Å². The standard InChI is InChI=1S/C12H17F3N4O/c1-19-7-6-17-9(19)2-4-18-10(20)11(12(13,14)15)3-5-16-8-11/h6-7,16H,2-5,8H2,1H3,(H,18,20). The number of aromatic nitrogens is 2. The van der Waals surface area contributed by atoms with Crippen molar-refractivity contribution < 1.29 is 18.0 Å². The van der Waals surface area contributed by atoms with Crippen molar-refractivity contribution in [2.24, 2.45) is 12.5 Å². The molecule has 2 N–H and O–H groups in total. The van der Waals surface area contributed by atoms with Gasteiger partial charge in [0.1, 0.15) is 5.82 Å². The van der Waals surface area contributed by atoms with Gasteiger partial charge in [-0.2, -0.15) is 13.2 Å². The summed E-state index contributed by atoms with van der Waals surface area (Å²) in [6, 6.07) is 0. The molecule has 1 aliphatic heterocycles. The quantitative estimate of drug-likeness (QED) is 0.855.